The Morgan fingerprint density at radius 2 is 1.75 bits per heavy atom. The van der Waals surface area contributed by atoms with Crippen LogP contribution >= 0.6 is 11.6 Å². The van der Waals surface area contributed by atoms with Gasteiger partial charge in [0.2, 0.25) is 0 Å². The summed E-state index contributed by atoms with van der Waals surface area (Å²) in [5.74, 6) is 0. The molecule has 1 heterocycles. The van der Waals surface area contributed by atoms with E-state index >= 15 is 0 Å². The van der Waals surface area contributed by atoms with Gasteiger partial charge in [0.15, 0.2) is 0 Å². The molecule has 0 bridgehead atoms. The van der Waals surface area contributed by atoms with Crippen LogP contribution in [-0.4, -0.2) is 4.57 Å². The van der Waals surface area contributed by atoms with Crippen molar-refractivity contribution in [3.8, 4) is 11.3 Å². The molecule has 0 atom stereocenters. The first-order valence-electron chi connectivity index (χ1n) is 6.69. The minimum atomic E-state index is 0.807. The molecule has 2 aromatic carbocycles. The number of para-hydroxylation sites is 1. The molecular formula is C18H16ClN. The predicted molar refractivity (Wildman–Crippen MR) is 87.0 cm³/mol. The number of nitrogens with zero attached hydrogens (tertiary/aromatic N) is 1. The van der Waals surface area contributed by atoms with Gasteiger partial charge in [0.1, 0.15) is 0 Å². The molecule has 100 valence electrons. The average Bonchev–Trinajstić information content (AvgIpc) is 2.87. The van der Waals surface area contributed by atoms with E-state index in [1.165, 1.54) is 22.2 Å². The van der Waals surface area contributed by atoms with Crippen LogP contribution in [0.3, 0.4) is 0 Å². The van der Waals surface area contributed by atoms with Gasteiger partial charge in [-0.3, -0.25) is 0 Å². The Balaban J connectivity index is 2.23. The predicted octanol–water partition coefficient (Wildman–Crippen LogP) is 5.45. The Morgan fingerprint density at radius 1 is 1.05 bits per heavy atom. The van der Waals surface area contributed by atoms with E-state index in [1.807, 2.05) is 6.07 Å². The summed E-state index contributed by atoms with van der Waals surface area (Å²) < 4.78 is 2.32. The molecule has 0 unspecified atom stereocenters. The zero-order valence-corrected chi connectivity index (χ0v) is 12.1. The summed E-state index contributed by atoms with van der Waals surface area (Å²) in [4.78, 5) is 0. The highest BCUT2D eigenvalue weighted by molar-refractivity contribution is 6.25. The standard InChI is InChI=1S/C18H16ClN/c1-14(12-19)13-20-17-10-6-5-9-16(17)11-18(20)15-7-3-2-4-8-15/h2-12H,13H2,1H3/b14-12-. The maximum absolute atomic E-state index is 5.84. The summed E-state index contributed by atoms with van der Waals surface area (Å²) in [6, 6.07) is 21.2. The molecule has 0 saturated carbocycles. The molecule has 0 N–H and O–H groups in total. The van der Waals surface area contributed by atoms with Crippen molar-refractivity contribution in [2.24, 2.45) is 0 Å². The lowest BCUT2D eigenvalue weighted by molar-refractivity contribution is 0.829. The van der Waals surface area contributed by atoms with Crippen LogP contribution in [0.4, 0.5) is 0 Å². The van der Waals surface area contributed by atoms with Gasteiger partial charge in [0.05, 0.1) is 0 Å². The summed E-state index contributed by atoms with van der Waals surface area (Å²) in [7, 11) is 0. The highest BCUT2D eigenvalue weighted by atomic mass is 35.5. The molecule has 20 heavy (non-hydrogen) atoms. The van der Waals surface area contributed by atoms with E-state index in [1.54, 1.807) is 5.54 Å². The van der Waals surface area contributed by atoms with Crippen LogP contribution in [-0.2, 0) is 6.54 Å². The fourth-order valence-corrected chi connectivity index (χ4v) is 2.58. The van der Waals surface area contributed by atoms with Crippen molar-refractivity contribution in [3.05, 3.63) is 71.8 Å². The molecular weight excluding hydrogens is 266 g/mol. The van der Waals surface area contributed by atoms with Gasteiger partial charge < -0.3 is 4.57 Å². The molecule has 3 aromatic rings. The molecule has 0 radical (unpaired) electrons. The number of halogens is 1. The number of fused-ring (bicyclic) bond motifs is 1. The van der Waals surface area contributed by atoms with Crippen LogP contribution in [0.5, 0.6) is 0 Å². The Hall–Kier alpha value is -1.99. The molecule has 1 aromatic heterocycles. The van der Waals surface area contributed by atoms with E-state index < -0.39 is 0 Å². The number of allylic oxidation sites excluding steroid dienone is 1. The summed E-state index contributed by atoms with van der Waals surface area (Å²) in [6.45, 7) is 2.86. The van der Waals surface area contributed by atoms with Gasteiger partial charge in [-0.05, 0) is 30.2 Å². The fourth-order valence-electron chi connectivity index (χ4n) is 2.51. The van der Waals surface area contributed by atoms with Crippen LogP contribution in [0.2, 0.25) is 0 Å². The van der Waals surface area contributed by atoms with Gasteiger partial charge in [-0.15, -0.1) is 0 Å². The Kier molecular flexibility index (Phi) is 3.62. The number of aromatic nitrogens is 1. The van der Waals surface area contributed by atoms with E-state index in [0.717, 1.165) is 12.1 Å². The molecule has 0 amide bonds. The second kappa shape index (κ2) is 5.56. The maximum Gasteiger partial charge on any atom is 0.0494 e. The Bertz CT molecular complexity index is 753. The quantitative estimate of drug-likeness (QED) is 0.601. The van der Waals surface area contributed by atoms with Gasteiger partial charge in [0.25, 0.3) is 0 Å². The molecule has 2 heteroatoms. The molecule has 1 nitrogen and oxygen atoms in total. The first kappa shape index (κ1) is 13.0. The van der Waals surface area contributed by atoms with Gasteiger partial charge in [0, 0.05) is 28.7 Å². The van der Waals surface area contributed by atoms with Crippen molar-refractivity contribution in [2.75, 3.05) is 0 Å². The first-order chi connectivity index (χ1) is 9.79. The molecule has 0 aliphatic carbocycles. The zero-order valence-electron chi connectivity index (χ0n) is 11.4. The van der Waals surface area contributed by atoms with Crippen LogP contribution in [0, 0.1) is 0 Å². The third-order valence-electron chi connectivity index (χ3n) is 3.47. The van der Waals surface area contributed by atoms with E-state index in [-0.39, 0.29) is 0 Å². The van der Waals surface area contributed by atoms with Crippen LogP contribution in [0.1, 0.15) is 6.92 Å². The van der Waals surface area contributed by atoms with Gasteiger partial charge in [-0.25, -0.2) is 0 Å². The molecule has 0 saturated heterocycles. The highest BCUT2D eigenvalue weighted by Crippen LogP contribution is 2.29. The summed E-state index contributed by atoms with van der Waals surface area (Å²) >= 11 is 5.84. The van der Waals surface area contributed by atoms with E-state index in [9.17, 15) is 0 Å². The Morgan fingerprint density at radius 3 is 2.50 bits per heavy atom. The highest BCUT2D eigenvalue weighted by Gasteiger charge is 2.10. The van der Waals surface area contributed by atoms with Crippen molar-refractivity contribution in [2.45, 2.75) is 13.5 Å². The number of hydrogen-bond acceptors (Lipinski definition) is 0. The minimum Gasteiger partial charge on any atom is -0.336 e. The Labute approximate surface area is 124 Å². The molecule has 0 fully saturated rings. The van der Waals surface area contributed by atoms with Crippen LogP contribution < -0.4 is 0 Å². The fraction of sp³-hybridized carbons (Fsp3) is 0.111. The van der Waals surface area contributed by atoms with E-state index in [2.05, 4.69) is 66.1 Å². The minimum absolute atomic E-state index is 0.807. The SMILES string of the molecule is C/C(=C/Cl)Cn1c(-c2ccccc2)cc2ccccc21. The van der Waals surface area contributed by atoms with Crippen LogP contribution in [0.15, 0.2) is 71.8 Å². The summed E-state index contributed by atoms with van der Waals surface area (Å²) in [5.41, 5.74) is 6.49. The van der Waals surface area contributed by atoms with Crippen molar-refractivity contribution in [1.29, 1.82) is 0 Å². The van der Waals surface area contributed by atoms with Gasteiger partial charge >= 0.3 is 0 Å². The summed E-state index contributed by atoms with van der Waals surface area (Å²) in [6.07, 6.45) is 0. The monoisotopic (exact) mass is 281 g/mol. The van der Waals surface area contributed by atoms with Gasteiger partial charge in [-0.2, -0.15) is 0 Å². The summed E-state index contributed by atoms with van der Waals surface area (Å²) in [5, 5.41) is 1.26. The zero-order chi connectivity index (χ0) is 13.9. The van der Waals surface area contributed by atoms with E-state index in [0.29, 0.717) is 0 Å². The number of hydrogen-bond donors (Lipinski definition) is 0. The lowest BCUT2D eigenvalue weighted by Gasteiger charge is -2.11. The van der Waals surface area contributed by atoms with Crippen molar-refractivity contribution < 1.29 is 0 Å². The number of rotatable bonds is 3. The lowest BCUT2D eigenvalue weighted by atomic mass is 10.1. The normalized spacial score (nSPS) is 12.0. The largest absolute Gasteiger partial charge is 0.336 e. The van der Waals surface area contributed by atoms with Crippen molar-refractivity contribution >= 4 is 22.5 Å². The maximum atomic E-state index is 5.84. The second-order valence-electron chi connectivity index (χ2n) is 5.00. The number of benzene rings is 2. The smallest absolute Gasteiger partial charge is 0.0494 e. The lowest BCUT2D eigenvalue weighted by Crippen LogP contribution is -2.00. The second-order valence-corrected chi connectivity index (χ2v) is 5.21. The van der Waals surface area contributed by atoms with Crippen molar-refractivity contribution in [3.63, 3.8) is 0 Å². The van der Waals surface area contributed by atoms with Crippen molar-refractivity contribution in [1.82, 2.24) is 4.57 Å². The first-order valence-corrected chi connectivity index (χ1v) is 7.13. The third kappa shape index (κ3) is 2.37. The van der Waals surface area contributed by atoms with Crippen LogP contribution in [0.25, 0.3) is 22.2 Å². The molecule has 0 aliphatic heterocycles. The van der Waals surface area contributed by atoms with E-state index in [4.69, 9.17) is 11.6 Å². The third-order valence-corrected chi connectivity index (χ3v) is 3.85. The molecule has 0 spiro atoms. The average molecular weight is 282 g/mol. The molecule has 0 aliphatic rings. The molecule has 3 rings (SSSR count). The topological polar surface area (TPSA) is 4.93 Å². The van der Waals surface area contributed by atoms with Gasteiger partial charge in [-0.1, -0.05) is 60.1 Å².